The van der Waals surface area contributed by atoms with Gasteiger partial charge in [-0.15, -0.1) is 0 Å². The van der Waals surface area contributed by atoms with Gasteiger partial charge in [-0.05, 0) is 19.1 Å². The summed E-state index contributed by atoms with van der Waals surface area (Å²) in [5, 5.41) is 9.93. The third-order valence-electron chi connectivity index (χ3n) is 3.66. The molecule has 1 aliphatic heterocycles. The monoisotopic (exact) mass is 326 g/mol. The molecule has 1 fully saturated rings. The van der Waals surface area contributed by atoms with Crippen LogP contribution in [0.25, 0.3) is 0 Å². The first-order valence-electron chi connectivity index (χ1n) is 7.62. The SMILES string of the molecule is C[C@H](O)CN1CCN(C(=O)CCOc2ccccc2Cl)CC1. The Bertz CT molecular complexity index is 488. The van der Waals surface area contributed by atoms with E-state index in [0.29, 0.717) is 43.4 Å². The molecule has 0 bridgehead atoms. The normalized spacial score (nSPS) is 17.3. The van der Waals surface area contributed by atoms with Crippen molar-refractivity contribution >= 4 is 17.5 Å². The van der Waals surface area contributed by atoms with Crippen LogP contribution < -0.4 is 4.74 Å². The van der Waals surface area contributed by atoms with Gasteiger partial charge >= 0.3 is 0 Å². The van der Waals surface area contributed by atoms with Gasteiger partial charge in [0, 0.05) is 32.7 Å². The maximum atomic E-state index is 12.1. The van der Waals surface area contributed by atoms with E-state index in [1.165, 1.54) is 0 Å². The van der Waals surface area contributed by atoms with E-state index in [1.54, 1.807) is 19.1 Å². The number of benzene rings is 1. The number of hydrogen-bond acceptors (Lipinski definition) is 4. The molecule has 1 aromatic rings. The number of carbonyl (C=O) groups is 1. The molecule has 0 aromatic heterocycles. The number of halogens is 1. The first-order valence-corrected chi connectivity index (χ1v) is 7.99. The lowest BCUT2D eigenvalue weighted by atomic mass is 10.2. The van der Waals surface area contributed by atoms with E-state index in [-0.39, 0.29) is 12.0 Å². The lowest BCUT2D eigenvalue weighted by Gasteiger charge is -2.35. The highest BCUT2D eigenvalue weighted by molar-refractivity contribution is 6.32. The zero-order valence-corrected chi connectivity index (χ0v) is 13.6. The number of aliphatic hydroxyl groups excluding tert-OH is 1. The Morgan fingerprint density at radius 2 is 2.00 bits per heavy atom. The standard InChI is InChI=1S/C16H23ClN2O3/c1-13(20)12-18-7-9-19(10-8-18)16(21)6-11-22-15-5-3-2-4-14(15)17/h2-5,13,20H,6-12H2,1H3/t13-/m0/s1. The van der Waals surface area contributed by atoms with Crippen molar-refractivity contribution in [2.75, 3.05) is 39.3 Å². The number of hydrogen-bond donors (Lipinski definition) is 1. The molecule has 1 aromatic carbocycles. The smallest absolute Gasteiger partial charge is 0.226 e. The number of para-hydroxylation sites is 1. The van der Waals surface area contributed by atoms with Gasteiger partial charge in [0.15, 0.2) is 0 Å². The van der Waals surface area contributed by atoms with E-state index in [9.17, 15) is 9.90 Å². The fraction of sp³-hybridized carbons (Fsp3) is 0.562. The maximum Gasteiger partial charge on any atom is 0.226 e. The molecule has 0 saturated carbocycles. The predicted molar refractivity (Wildman–Crippen MR) is 86.3 cm³/mol. The second-order valence-corrected chi connectivity index (χ2v) is 5.97. The number of piperazine rings is 1. The Morgan fingerprint density at radius 1 is 1.32 bits per heavy atom. The largest absolute Gasteiger partial charge is 0.491 e. The molecule has 0 aliphatic carbocycles. The van der Waals surface area contributed by atoms with Gasteiger partial charge in [-0.25, -0.2) is 0 Å². The average molecular weight is 327 g/mol. The molecule has 6 heteroatoms. The predicted octanol–water partition coefficient (Wildman–Crippen LogP) is 1.63. The Labute approximate surface area is 136 Å². The first kappa shape index (κ1) is 17.1. The Morgan fingerprint density at radius 3 is 2.64 bits per heavy atom. The van der Waals surface area contributed by atoms with Crippen molar-refractivity contribution in [3.8, 4) is 5.75 Å². The molecular weight excluding hydrogens is 304 g/mol. The van der Waals surface area contributed by atoms with Gasteiger partial charge in [0.25, 0.3) is 0 Å². The number of ether oxygens (including phenoxy) is 1. The van der Waals surface area contributed by atoms with Crippen LogP contribution in [0.2, 0.25) is 5.02 Å². The summed E-state index contributed by atoms with van der Waals surface area (Å²) in [6, 6.07) is 7.25. The van der Waals surface area contributed by atoms with Crippen molar-refractivity contribution in [2.24, 2.45) is 0 Å². The molecule has 5 nitrogen and oxygen atoms in total. The van der Waals surface area contributed by atoms with Gasteiger partial charge in [0.2, 0.25) is 5.91 Å². The van der Waals surface area contributed by atoms with Gasteiger partial charge in [-0.3, -0.25) is 9.69 Å². The van der Waals surface area contributed by atoms with Crippen LogP contribution in [-0.2, 0) is 4.79 Å². The third kappa shape index (κ3) is 5.16. The zero-order valence-electron chi connectivity index (χ0n) is 12.9. The molecule has 22 heavy (non-hydrogen) atoms. The molecule has 1 N–H and O–H groups in total. The highest BCUT2D eigenvalue weighted by atomic mass is 35.5. The summed E-state index contributed by atoms with van der Waals surface area (Å²) in [6.07, 6.45) is 0.0213. The zero-order chi connectivity index (χ0) is 15.9. The number of β-amino-alcohol motifs (C(OH)–C–C–N with tert-alkyl or cyclic N) is 1. The number of carbonyl (C=O) groups excluding carboxylic acids is 1. The fourth-order valence-corrected chi connectivity index (χ4v) is 2.71. The van der Waals surface area contributed by atoms with Crippen molar-refractivity contribution < 1.29 is 14.6 Å². The minimum atomic E-state index is -0.328. The Hall–Kier alpha value is -1.30. The Kier molecular flexibility index (Phi) is 6.49. The van der Waals surface area contributed by atoms with Gasteiger partial charge < -0.3 is 14.7 Å². The number of rotatable bonds is 6. The molecule has 0 radical (unpaired) electrons. The lowest BCUT2D eigenvalue weighted by Crippen LogP contribution is -2.50. The van der Waals surface area contributed by atoms with E-state index < -0.39 is 0 Å². The summed E-state index contributed by atoms with van der Waals surface area (Å²) in [5.74, 6) is 0.711. The molecule has 1 amide bonds. The van der Waals surface area contributed by atoms with Gasteiger partial charge in [0.1, 0.15) is 5.75 Å². The van der Waals surface area contributed by atoms with Crippen LogP contribution in [0.15, 0.2) is 24.3 Å². The summed E-state index contributed by atoms with van der Waals surface area (Å²) >= 11 is 6.00. The Balaban J connectivity index is 1.69. The average Bonchev–Trinajstić information content (AvgIpc) is 2.49. The van der Waals surface area contributed by atoms with Gasteiger partial charge in [-0.2, -0.15) is 0 Å². The third-order valence-corrected chi connectivity index (χ3v) is 3.97. The summed E-state index contributed by atoms with van der Waals surface area (Å²) in [6.45, 7) is 5.80. The maximum absolute atomic E-state index is 12.1. The van der Waals surface area contributed by atoms with E-state index in [4.69, 9.17) is 16.3 Å². The van der Waals surface area contributed by atoms with Crippen molar-refractivity contribution in [1.82, 2.24) is 9.80 Å². The van der Waals surface area contributed by atoms with Crippen LogP contribution in [0.3, 0.4) is 0 Å². The molecule has 1 heterocycles. The van der Waals surface area contributed by atoms with E-state index in [1.807, 2.05) is 17.0 Å². The molecule has 2 rings (SSSR count). The van der Waals surface area contributed by atoms with Gasteiger partial charge in [0.05, 0.1) is 24.2 Å². The quantitative estimate of drug-likeness (QED) is 0.863. The second-order valence-electron chi connectivity index (χ2n) is 5.56. The second kappa shape index (κ2) is 8.36. The summed E-state index contributed by atoms with van der Waals surface area (Å²) in [5.41, 5.74) is 0. The fourth-order valence-electron chi connectivity index (χ4n) is 2.52. The van der Waals surface area contributed by atoms with Crippen molar-refractivity contribution in [3.63, 3.8) is 0 Å². The van der Waals surface area contributed by atoms with Crippen LogP contribution in [0, 0.1) is 0 Å². The highest BCUT2D eigenvalue weighted by Gasteiger charge is 2.21. The molecule has 1 saturated heterocycles. The highest BCUT2D eigenvalue weighted by Crippen LogP contribution is 2.23. The molecule has 0 spiro atoms. The van der Waals surface area contributed by atoms with E-state index in [2.05, 4.69) is 4.90 Å². The topological polar surface area (TPSA) is 53.0 Å². The minimum Gasteiger partial charge on any atom is -0.491 e. The molecule has 0 unspecified atom stereocenters. The van der Waals surface area contributed by atoms with E-state index in [0.717, 1.165) is 13.1 Å². The first-order chi connectivity index (χ1) is 10.6. The van der Waals surface area contributed by atoms with Crippen LogP contribution in [0.4, 0.5) is 0 Å². The van der Waals surface area contributed by atoms with Crippen LogP contribution in [-0.4, -0.2) is 66.2 Å². The molecule has 122 valence electrons. The van der Waals surface area contributed by atoms with Crippen molar-refractivity contribution in [2.45, 2.75) is 19.4 Å². The van der Waals surface area contributed by atoms with E-state index >= 15 is 0 Å². The molecule has 1 aliphatic rings. The number of aliphatic hydroxyl groups is 1. The summed E-state index contributed by atoms with van der Waals surface area (Å²) in [7, 11) is 0. The summed E-state index contributed by atoms with van der Waals surface area (Å²) < 4.78 is 5.55. The van der Waals surface area contributed by atoms with Crippen molar-refractivity contribution in [3.05, 3.63) is 29.3 Å². The van der Waals surface area contributed by atoms with Crippen LogP contribution in [0.5, 0.6) is 5.75 Å². The number of nitrogens with zero attached hydrogens (tertiary/aromatic N) is 2. The van der Waals surface area contributed by atoms with Crippen LogP contribution in [0.1, 0.15) is 13.3 Å². The van der Waals surface area contributed by atoms with Crippen LogP contribution >= 0.6 is 11.6 Å². The van der Waals surface area contributed by atoms with Crippen molar-refractivity contribution in [1.29, 1.82) is 0 Å². The molecular formula is C16H23ClN2O3. The lowest BCUT2D eigenvalue weighted by molar-refractivity contribution is -0.133. The van der Waals surface area contributed by atoms with Gasteiger partial charge in [-0.1, -0.05) is 23.7 Å². The molecule has 1 atom stereocenters. The number of amides is 1. The summed E-state index contributed by atoms with van der Waals surface area (Å²) in [4.78, 5) is 16.2. The minimum absolute atomic E-state index is 0.101.